The third kappa shape index (κ3) is 1.30. The monoisotopic (exact) mass is 154 g/mol. The van der Waals surface area contributed by atoms with Gasteiger partial charge >= 0.3 is 0 Å². The Hall–Kier alpha value is -0.0800. The van der Waals surface area contributed by atoms with Crippen LogP contribution in [0.15, 0.2) is 0 Å². The zero-order valence-electron chi connectivity index (χ0n) is 7.05. The van der Waals surface area contributed by atoms with Crippen molar-refractivity contribution >= 4 is 0 Å². The molecule has 0 aromatic carbocycles. The van der Waals surface area contributed by atoms with Crippen LogP contribution in [0.25, 0.3) is 0 Å². The molecule has 0 aliphatic heterocycles. The second-order valence-corrected chi connectivity index (χ2v) is 4.52. The van der Waals surface area contributed by atoms with Crippen LogP contribution in [0, 0.1) is 11.8 Å². The number of rotatable bonds is 1. The predicted molar refractivity (Wildman–Crippen MR) is 46.0 cm³/mol. The van der Waals surface area contributed by atoms with E-state index in [-0.39, 0.29) is 5.54 Å². The zero-order chi connectivity index (χ0) is 7.90. The molecule has 0 amide bonds. The summed E-state index contributed by atoms with van der Waals surface area (Å²) >= 11 is 0. The smallest absolute Gasteiger partial charge is 0.0283 e. The molecule has 1 unspecified atom stereocenters. The van der Waals surface area contributed by atoms with E-state index in [1.165, 1.54) is 32.1 Å². The fourth-order valence-electron chi connectivity index (χ4n) is 2.95. The first-order chi connectivity index (χ1) is 5.22. The van der Waals surface area contributed by atoms with Crippen LogP contribution < -0.4 is 11.5 Å². The summed E-state index contributed by atoms with van der Waals surface area (Å²) in [6.45, 7) is 0.681. The molecule has 2 aliphatic rings. The molecule has 0 spiro atoms. The summed E-state index contributed by atoms with van der Waals surface area (Å²) in [5.41, 5.74) is 11.8. The number of hydrogen-bond acceptors (Lipinski definition) is 2. The lowest BCUT2D eigenvalue weighted by molar-refractivity contribution is 0.224. The van der Waals surface area contributed by atoms with E-state index in [1.807, 2.05) is 0 Å². The van der Waals surface area contributed by atoms with Crippen molar-refractivity contribution in [3.63, 3.8) is 0 Å². The minimum atomic E-state index is 0.00405. The van der Waals surface area contributed by atoms with E-state index >= 15 is 0 Å². The lowest BCUT2D eigenvalue weighted by Gasteiger charge is -2.36. The van der Waals surface area contributed by atoms with E-state index in [4.69, 9.17) is 11.5 Å². The molecule has 2 rings (SSSR count). The molecule has 11 heavy (non-hydrogen) atoms. The molecule has 0 aromatic rings. The van der Waals surface area contributed by atoms with E-state index < -0.39 is 0 Å². The maximum absolute atomic E-state index is 6.15. The van der Waals surface area contributed by atoms with Crippen LogP contribution in [0.1, 0.15) is 32.1 Å². The van der Waals surface area contributed by atoms with E-state index in [9.17, 15) is 0 Å². The minimum absolute atomic E-state index is 0.00405. The van der Waals surface area contributed by atoms with Crippen LogP contribution in [-0.4, -0.2) is 12.1 Å². The van der Waals surface area contributed by atoms with E-state index in [1.54, 1.807) is 0 Å². The first-order valence-electron chi connectivity index (χ1n) is 4.71. The predicted octanol–water partition coefficient (Wildman–Crippen LogP) is 0.853. The van der Waals surface area contributed by atoms with E-state index in [2.05, 4.69) is 0 Å². The summed E-state index contributed by atoms with van der Waals surface area (Å²) in [5.74, 6) is 1.81. The van der Waals surface area contributed by atoms with Crippen LogP contribution in [0.2, 0.25) is 0 Å². The lowest BCUT2D eigenvalue weighted by atomic mass is 9.76. The van der Waals surface area contributed by atoms with Crippen molar-refractivity contribution in [2.45, 2.75) is 37.6 Å². The highest BCUT2D eigenvalue weighted by molar-refractivity contribution is 4.98. The average Bonchev–Trinajstić information content (AvgIpc) is 2.31. The highest BCUT2D eigenvalue weighted by Gasteiger charge is 2.40. The van der Waals surface area contributed by atoms with Gasteiger partial charge in [0.15, 0.2) is 0 Å². The number of fused-ring (bicyclic) bond motifs is 2. The Balaban J connectivity index is 2.07. The van der Waals surface area contributed by atoms with Crippen LogP contribution >= 0.6 is 0 Å². The Morgan fingerprint density at radius 1 is 1.18 bits per heavy atom. The first-order valence-corrected chi connectivity index (χ1v) is 4.71. The molecule has 2 saturated carbocycles. The van der Waals surface area contributed by atoms with Gasteiger partial charge in [0.25, 0.3) is 0 Å². The molecule has 2 fully saturated rings. The molecular formula is C9H18N2. The largest absolute Gasteiger partial charge is 0.329 e. The minimum Gasteiger partial charge on any atom is -0.329 e. The summed E-state index contributed by atoms with van der Waals surface area (Å²) in [4.78, 5) is 0. The van der Waals surface area contributed by atoms with Crippen LogP contribution in [0.3, 0.4) is 0 Å². The van der Waals surface area contributed by atoms with Crippen molar-refractivity contribution in [3.8, 4) is 0 Å². The van der Waals surface area contributed by atoms with Gasteiger partial charge in [0.05, 0.1) is 0 Å². The van der Waals surface area contributed by atoms with Gasteiger partial charge in [-0.25, -0.2) is 0 Å². The first kappa shape index (κ1) is 7.56. The van der Waals surface area contributed by atoms with E-state index in [0.29, 0.717) is 6.54 Å². The van der Waals surface area contributed by atoms with Crippen molar-refractivity contribution in [2.75, 3.05) is 6.54 Å². The van der Waals surface area contributed by atoms with Gasteiger partial charge in [-0.1, -0.05) is 12.8 Å². The Bertz CT molecular complexity index is 144. The number of hydrogen-bond donors (Lipinski definition) is 2. The Morgan fingerprint density at radius 3 is 2.18 bits per heavy atom. The highest BCUT2D eigenvalue weighted by atomic mass is 14.8. The summed E-state index contributed by atoms with van der Waals surface area (Å²) < 4.78 is 0. The van der Waals surface area contributed by atoms with Gasteiger partial charge in [0.2, 0.25) is 0 Å². The van der Waals surface area contributed by atoms with Crippen molar-refractivity contribution in [3.05, 3.63) is 0 Å². The third-order valence-electron chi connectivity index (χ3n) is 3.45. The summed E-state index contributed by atoms with van der Waals surface area (Å²) in [7, 11) is 0. The molecule has 2 nitrogen and oxygen atoms in total. The van der Waals surface area contributed by atoms with Crippen LogP contribution in [-0.2, 0) is 0 Å². The fraction of sp³-hybridized carbons (Fsp3) is 1.00. The fourth-order valence-corrected chi connectivity index (χ4v) is 2.95. The Kier molecular flexibility index (Phi) is 1.69. The summed E-state index contributed by atoms with van der Waals surface area (Å²) in [6.07, 6.45) is 6.60. The molecule has 0 heterocycles. The second-order valence-electron chi connectivity index (χ2n) is 4.52. The third-order valence-corrected chi connectivity index (χ3v) is 3.45. The van der Waals surface area contributed by atoms with Gasteiger partial charge in [0, 0.05) is 12.1 Å². The normalized spacial score (nSPS) is 49.6. The van der Waals surface area contributed by atoms with Gasteiger partial charge in [-0.2, -0.15) is 0 Å². The molecule has 0 radical (unpaired) electrons. The quantitative estimate of drug-likeness (QED) is 0.588. The average molecular weight is 154 g/mol. The standard InChI is InChI=1S/C9H18N2/c10-6-9(11)4-7-1-2-8(3-7)5-9/h7-8H,1-6,10-11H2/t7-,8+,9?. The Labute approximate surface area is 68.3 Å². The zero-order valence-corrected chi connectivity index (χ0v) is 7.05. The van der Waals surface area contributed by atoms with Crippen LogP contribution in [0.4, 0.5) is 0 Å². The van der Waals surface area contributed by atoms with Crippen molar-refractivity contribution in [1.82, 2.24) is 0 Å². The molecule has 4 N–H and O–H groups in total. The van der Waals surface area contributed by atoms with Gasteiger partial charge in [-0.3, -0.25) is 0 Å². The van der Waals surface area contributed by atoms with Gasteiger partial charge < -0.3 is 11.5 Å². The molecule has 64 valence electrons. The molecule has 0 saturated heterocycles. The SMILES string of the molecule is NCC1(N)C[C@@H]2CC[C@@H](C2)C1. The lowest BCUT2D eigenvalue weighted by Crippen LogP contribution is -2.50. The topological polar surface area (TPSA) is 52.0 Å². The van der Waals surface area contributed by atoms with Crippen LogP contribution in [0.5, 0.6) is 0 Å². The summed E-state index contributed by atoms with van der Waals surface area (Å²) in [5, 5.41) is 0. The molecule has 0 aromatic heterocycles. The molecular weight excluding hydrogens is 136 g/mol. The molecule has 2 bridgehead atoms. The van der Waals surface area contributed by atoms with Gasteiger partial charge in [-0.05, 0) is 31.1 Å². The molecule has 2 heteroatoms. The van der Waals surface area contributed by atoms with E-state index in [0.717, 1.165) is 11.8 Å². The maximum atomic E-state index is 6.15. The van der Waals surface area contributed by atoms with Crippen molar-refractivity contribution < 1.29 is 0 Å². The van der Waals surface area contributed by atoms with Gasteiger partial charge in [-0.15, -0.1) is 0 Å². The van der Waals surface area contributed by atoms with Crippen molar-refractivity contribution in [2.24, 2.45) is 23.3 Å². The Morgan fingerprint density at radius 2 is 1.73 bits per heavy atom. The molecule has 3 atom stereocenters. The number of nitrogens with two attached hydrogens (primary N) is 2. The maximum Gasteiger partial charge on any atom is 0.0283 e. The highest BCUT2D eigenvalue weighted by Crippen LogP contribution is 2.44. The second kappa shape index (κ2) is 2.46. The van der Waals surface area contributed by atoms with Crippen molar-refractivity contribution in [1.29, 1.82) is 0 Å². The molecule has 2 aliphatic carbocycles. The summed E-state index contributed by atoms with van der Waals surface area (Å²) in [6, 6.07) is 0. The van der Waals surface area contributed by atoms with Gasteiger partial charge in [0.1, 0.15) is 0 Å².